The van der Waals surface area contributed by atoms with Gasteiger partial charge in [-0.1, -0.05) is 24.1 Å². The van der Waals surface area contributed by atoms with Crippen molar-refractivity contribution in [2.45, 2.75) is 25.7 Å². The van der Waals surface area contributed by atoms with Gasteiger partial charge in [-0.25, -0.2) is 0 Å². The van der Waals surface area contributed by atoms with Crippen LogP contribution in [0.2, 0.25) is 0 Å². The van der Waals surface area contributed by atoms with E-state index < -0.39 is 0 Å². The lowest BCUT2D eigenvalue weighted by Crippen LogP contribution is -2.23. The van der Waals surface area contributed by atoms with Gasteiger partial charge in [-0.15, -0.1) is 11.3 Å². The zero-order chi connectivity index (χ0) is 12.5. The maximum Gasteiger partial charge on any atom is 0.261 e. The average molecular weight is 258 g/mol. The van der Waals surface area contributed by atoms with Gasteiger partial charge in [0.25, 0.3) is 5.91 Å². The maximum atomic E-state index is 11.5. The number of unbranched alkanes of at least 4 members (excludes halogenated alkanes) is 3. The van der Waals surface area contributed by atoms with Crippen LogP contribution in [0.1, 0.15) is 35.4 Å². The number of amides is 1. The van der Waals surface area contributed by atoms with E-state index in [-0.39, 0.29) is 17.7 Å². The highest BCUT2D eigenvalue weighted by Crippen LogP contribution is 2.07. The van der Waals surface area contributed by atoms with Crippen molar-refractivity contribution in [2.24, 2.45) is 0 Å². The fourth-order valence-corrected chi connectivity index (χ4v) is 2.07. The standard InChI is InChI=1S/C11H18N2O3S/c14-11(10-6-5-9-17-10)12-7-3-1-2-4-8-13(15)16/h5-6,9,15-16H,1-4,7-8H2,(H,12,14). The summed E-state index contributed by atoms with van der Waals surface area (Å²) >= 11 is 1.43. The second kappa shape index (κ2) is 8.19. The van der Waals surface area contributed by atoms with E-state index in [2.05, 4.69) is 5.32 Å². The summed E-state index contributed by atoms with van der Waals surface area (Å²) < 4.78 is 0. The van der Waals surface area contributed by atoms with E-state index >= 15 is 0 Å². The van der Waals surface area contributed by atoms with Gasteiger partial charge in [0.15, 0.2) is 0 Å². The lowest BCUT2D eigenvalue weighted by Gasteiger charge is -2.06. The van der Waals surface area contributed by atoms with Gasteiger partial charge in [0, 0.05) is 6.54 Å². The Balaban J connectivity index is 1.96. The summed E-state index contributed by atoms with van der Waals surface area (Å²) in [4.78, 5) is 12.2. The van der Waals surface area contributed by atoms with Crippen molar-refractivity contribution in [2.75, 3.05) is 13.1 Å². The molecule has 5 nitrogen and oxygen atoms in total. The van der Waals surface area contributed by atoms with Crippen molar-refractivity contribution in [3.8, 4) is 0 Å². The van der Waals surface area contributed by atoms with Crippen molar-refractivity contribution in [1.29, 1.82) is 0 Å². The number of carbonyl (C=O) groups excluding carboxylic acids is 1. The third kappa shape index (κ3) is 6.38. The maximum absolute atomic E-state index is 11.5. The number of thiophene rings is 1. The van der Waals surface area contributed by atoms with E-state index in [1.54, 1.807) is 6.07 Å². The van der Waals surface area contributed by atoms with Crippen molar-refractivity contribution >= 4 is 17.2 Å². The molecule has 0 unspecified atom stereocenters. The first-order valence-corrected chi connectivity index (χ1v) is 6.55. The monoisotopic (exact) mass is 258 g/mol. The van der Waals surface area contributed by atoms with Crippen LogP contribution in [-0.4, -0.2) is 34.6 Å². The number of nitrogens with one attached hydrogen (secondary N) is 1. The van der Waals surface area contributed by atoms with E-state index in [0.717, 1.165) is 30.6 Å². The highest BCUT2D eigenvalue weighted by Gasteiger charge is 2.04. The Morgan fingerprint density at radius 2 is 2.06 bits per heavy atom. The van der Waals surface area contributed by atoms with Crippen molar-refractivity contribution in [1.82, 2.24) is 10.5 Å². The Labute approximate surface area is 105 Å². The summed E-state index contributed by atoms with van der Waals surface area (Å²) in [6.07, 6.45) is 3.55. The molecule has 1 heterocycles. The SMILES string of the molecule is O=C(NCCCCCCN(O)O)c1cccs1. The van der Waals surface area contributed by atoms with Gasteiger partial charge < -0.3 is 5.32 Å². The van der Waals surface area contributed by atoms with E-state index in [9.17, 15) is 4.79 Å². The molecule has 0 aliphatic heterocycles. The molecule has 0 aliphatic carbocycles. The fraction of sp³-hybridized carbons (Fsp3) is 0.545. The summed E-state index contributed by atoms with van der Waals surface area (Å²) in [5.41, 5.74) is 0. The molecule has 1 aromatic heterocycles. The molecular formula is C11H18N2O3S. The Morgan fingerprint density at radius 1 is 1.29 bits per heavy atom. The van der Waals surface area contributed by atoms with Crippen LogP contribution < -0.4 is 5.32 Å². The second-order valence-corrected chi connectivity index (χ2v) is 4.69. The molecule has 0 fully saturated rings. The molecule has 17 heavy (non-hydrogen) atoms. The van der Waals surface area contributed by atoms with Crippen LogP contribution in [0, 0.1) is 0 Å². The number of hydroxylamine groups is 2. The Hall–Kier alpha value is -0.950. The Kier molecular flexibility index (Phi) is 6.80. The minimum Gasteiger partial charge on any atom is -0.351 e. The minimum atomic E-state index is -0.0168. The number of hydrogen-bond acceptors (Lipinski definition) is 5. The average Bonchev–Trinajstić information content (AvgIpc) is 2.80. The van der Waals surface area contributed by atoms with Crippen molar-refractivity contribution in [3.63, 3.8) is 0 Å². The first kappa shape index (κ1) is 14.1. The third-order valence-electron chi connectivity index (χ3n) is 2.32. The largest absolute Gasteiger partial charge is 0.351 e. The van der Waals surface area contributed by atoms with E-state index in [1.165, 1.54) is 11.3 Å². The number of hydrogen-bond donors (Lipinski definition) is 3. The van der Waals surface area contributed by atoms with Gasteiger partial charge in [0.1, 0.15) is 0 Å². The van der Waals surface area contributed by atoms with E-state index in [4.69, 9.17) is 10.4 Å². The van der Waals surface area contributed by atoms with Gasteiger partial charge >= 0.3 is 0 Å². The molecule has 0 saturated heterocycles. The smallest absolute Gasteiger partial charge is 0.261 e. The molecule has 3 N–H and O–H groups in total. The van der Waals surface area contributed by atoms with Crippen LogP contribution in [0.25, 0.3) is 0 Å². The third-order valence-corrected chi connectivity index (χ3v) is 3.18. The molecule has 0 radical (unpaired) electrons. The number of rotatable bonds is 8. The van der Waals surface area contributed by atoms with Gasteiger partial charge in [0.05, 0.1) is 11.4 Å². The summed E-state index contributed by atoms with van der Waals surface area (Å²) in [6, 6.07) is 3.66. The van der Waals surface area contributed by atoms with Crippen molar-refractivity contribution in [3.05, 3.63) is 22.4 Å². The normalized spacial score (nSPS) is 10.8. The predicted octanol–water partition coefficient (Wildman–Crippen LogP) is 2.12. The zero-order valence-electron chi connectivity index (χ0n) is 9.63. The first-order valence-electron chi connectivity index (χ1n) is 5.67. The molecule has 0 aromatic carbocycles. The van der Waals surface area contributed by atoms with Gasteiger partial charge in [-0.2, -0.15) is 0 Å². The Bertz CT molecular complexity index is 315. The van der Waals surface area contributed by atoms with Crippen LogP contribution in [0.4, 0.5) is 0 Å². The molecule has 1 aromatic rings. The molecule has 1 amide bonds. The molecule has 0 bridgehead atoms. The highest BCUT2D eigenvalue weighted by molar-refractivity contribution is 7.12. The summed E-state index contributed by atoms with van der Waals surface area (Å²) in [6.45, 7) is 0.931. The fourth-order valence-electron chi connectivity index (χ4n) is 1.43. The van der Waals surface area contributed by atoms with Crippen LogP contribution in [0.15, 0.2) is 17.5 Å². The lowest BCUT2D eigenvalue weighted by atomic mass is 10.2. The van der Waals surface area contributed by atoms with Crippen LogP contribution in [0.3, 0.4) is 0 Å². The van der Waals surface area contributed by atoms with Gasteiger partial charge in [-0.3, -0.25) is 15.2 Å². The first-order chi connectivity index (χ1) is 8.20. The summed E-state index contributed by atoms with van der Waals surface area (Å²) in [5, 5.41) is 21.9. The molecule has 0 atom stereocenters. The molecule has 0 spiro atoms. The van der Waals surface area contributed by atoms with Crippen LogP contribution in [0.5, 0.6) is 0 Å². The van der Waals surface area contributed by atoms with Crippen LogP contribution >= 0.6 is 11.3 Å². The lowest BCUT2D eigenvalue weighted by molar-refractivity contribution is -0.306. The molecular weight excluding hydrogens is 240 g/mol. The van der Waals surface area contributed by atoms with Crippen molar-refractivity contribution < 1.29 is 15.2 Å². The summed E-state index contributed by atoms with van der Waals surface area (Å²) in [7, 11) is 0. The molecule has 6 heteroatoms. The van der Waals surface area contributed by atoms with E-state index in [1.807, 2.05) is 11.4 Å². The number of carbonyl (C=O) groups is 1. The van der Waals surface area contributed by atoms with Gasteiger partial charge in [0.2, 0.25) is 0 Å². The topological polar surface area (TPSA) is 72.8 Å². The molecule has 1 rings (SSSR count). The zero-order valence-corrected chi connectivity index (χ0v) is 10.4. The van der Waals surface area contributed by atoms with Crippen LogP contribution in [-0.2, 0) is 0 Å². The number of nitrogens with zero attached hydrogens (tertiary/aromatic N) is 1. The molecule has 96 valence electrons. The predicted molar refractivity (Wildman–Crippen MR) is 65.4 cm³/mol. The quantitative estimate of drug-likeness (QED) is 0.493. The van der Waals surface area contributed by atoms with E-state index in [0.29, 0.717) is 6.54 Å². The summed E-state index contributed by atoms with van der Waals surface area (Å²) in [5.74, 6) is -0.0168. The second-order valence-electron chi connectivity index (χ2n) is 3.74. The molecule has 0 aliphatic rings. The Morgan fingerprint density at radius 3 is 2.71 bits per heavy atom. The molecule has 0 saturated carbocycles. The van der Waals surface area contributed by atoms with Gasteiger partial charge in [-0.05, 0) is 24.3 Å². The highest BCUT2D eigenvalue weighted by atomic mass is 32.1. The minimum absolute atomic E-state index is 0.0168.